The number of hydrogen-bond acceptors (Lipinski definition) is 7. The first-order chi connectivity index (χ1) is 12.1. The van der Waals surface area contributed by atoms with Gasteiger partial charge >= 0.3 is 5.69 Å². The van der Waals surface area contributed by atoms with Crippen molar-refractivity contribution >= 4 is 28.8 Å². The average molecular weight is 376 g/mol. The lowest BCUT2D eigenvalue weighted by Gasteiger charge is -2.06. The third-order valence-corrected chi connectivity index (χ3v) is 5.33. The normalized spacial score (nSPS) is 10.8. The van der Waals surface area contributed by atoms with E-state index in [4.69, 9.17) is 4.74 Å². The summed E-state index contributed by atoms with van der Waals surface area (Å²) in [7, 11) is 1.94. The zero-order valence-corrected chi connectivity index (χ0v) is 15.1. The van der Waals surface area contributed by atoms with Gasteiger partial charge in [0.05, 0.1) is 11.5 Å². The van der Waals surface area contributed by atoms with Crippen LogP contribution in [0.1, 0.15) is 10.7 Å². The van der Waals surface area contributed by atoms with Gasteiger partial charge in [-0.15, -0.1) is 21.5 Å². The van der Waals surface area contributed by atoms with Crippen LogP contribution in [0.3, 0.4) is 0 Å². The fourth-order valence-electron chi connectivity index (χ4n) is 2.21. The van der Waals surface area contributed by atoms with Crippen molar-refractivity contribution in [1.82, 2.24) is 14.8 Å². The van der Waals surface area contributed by atoms with Crippen molar-refractivity contribution < 1.29 is 9.66 Å². The lowest BCUT2D eigenvalue weighted by atomic mass is 10.3. The summed E-state index contributed by atoms with van der Waals surface area (Å²) >= 11 is 3.21. The van der Waals surface area contributed by atoms with Gasteiger partial charge in [-0.3, -0.25) is 10.1 Å². The van der Waals surface area contributed by atoms with E-state index in [0.717, 1.165) is 17.4 Å². The van der Waals surface area contributed by atoms with Gasteiger partial charge in [0.25, 0.3) is 0 Å². The predicted octanol–water partition coefficient (Wildman–Crippen LogP) is 3.55. The number of nitrogens with zero attached hydrogens (tertiary/aromatic N) is 4. The van der Waals surface area contributed by atoms with Gasteiger partial charge in [0.1, 0.15) is 5.82 Å². The monoisotopic (exact) mass is 376 g/mol. The molecule has 0 aliphatic carbocycles. The van der Waals surface area contributed by atoms with E-state index >= 15 is 0 Å². The van der Waals surface area contributed by atoms with Crippen molar-refractivity contribution in [3.63, 3.8) is 0 Å². The number of thiophene rings is 1. The summed E-state index contributed by atoms with van der Waals surface area (Å²) in [6.45, 7) is 0.350. The molecule has 2 heterocycles. The Morgan fingerprint density at radius 2 is 2.12 bits per heavy atom. The molecule has 25 heavy (non-hydrogen) atoms. The molecule has 0 unspecified atom stereocenters. The Morgan fingerprint density at radius 3 is 2.88 bits per heavy atom. The van der Waals surface area contributed by atoms with Crippen LogP contribution in [0.4, 0.5) is 5.69 Å². The second-order valence-electron chi connectivity index (χ2n) is 5.14. The standard InChI is InChI=1S/C16H16N4O3S2/c1-19-15(11-12-5-4-9-24-12)17-18-16(19)25-10-8-23-14-7-3-2-6-13(14)20(21)22/h2-7,9H,8,10-11H2,1H3. The molecule has 0 amide bonds. The van der Waals surface area contributed by atoms with Crippen LogP contribution in [0.15, 0.2) is 46.9 Å². The van der Waals surface area contributed by atoms with Crippen LogP contribution >= 0.6 is 23.1 Å². The first-order valence-electron chi connectivity index (χ1n) is 7.55. The zero-order chi connectivity index (χ0) is 17.6. The number of benzene rings is 1. The zero-order valence-electron chi connectivity index (χ0n) is 13.5. The molecule has 7 nitrogen and oxygen atoms in total. The SMILES string of the molecule is Cn1c(Cc2cccs2)nnc1SCCOc1ccccc1[N+](=O)[O-]. The van der Waals surface area contributed by atoms with Crippen molar-refractivity contribution in [3.8, 4) is 5.75 Å². The quantitative estimate of drug-likeness (QED) is 0.259. The Morgan fingerprint density at radius 1 is 1.28 bits per heavy atom. The molecule has 1 aromatic carbocycles. The molecule has 3 rings (SSSR count). The first-order valence-corrected chi connectivity index (χ1v) is 9.41. The number of para-hydroxylation sites is 2. The lowest BCUT2D eigenvalue weighted by Crippen LogP contribution is -2.04. The Balaban J connectivity index is 1.53. The highest BCUT2D eigenvalue weighted by molar-refractivity contribution is 7.99. The van der Waals surface area contributed by atoms with E-state index < -0.39 is 4.92 Å². The van der Waals surface area contributed by atoms with Crippen molar-refractivity contribution in [2.75, 3.05) is 12.4 Å². The average Bonchev–Trinajstić information content (AvgIpc) is 3.24. The lowest BCUT2D eigenvalue weighted by molar-refractivity contribution is -0.385. The second kappa shape index (κ2) is 8.13. The second-order valence-corrected chi connectivity index (χ2v) is 7.23. The van der Waals surface area contributed by atoms with Crippen LogP contribution in [0.2, 0.25) is 0 Å². The van der Waals surface area contributed by atoms with Crippen LogP contribution in [-0.4, -0.2) is 32.0 Å². The summed E-state index contributed by atoms with van der Waals surface area (Å²) in [5.74, 6) is 1.81. The number of nitro groups is 1. The fraction of sp³-hybridized carbons (Fsp3) is 0.250. The highest BCUT2D eigenvalue weighted by atomic mass is 32.2. The van der Waals surface area contributed by atoms with Crippen molar-refractivity contribution in [3.05, 3.63) is 62.6 Å². The summed E-state index contributed by atoms with van der Waals surface area (Å²) in [4.78, 5) is 11.8. The molecule has 0 atom stereocenters. The smallest absolute Gasteiger partial charge is 0.310 e. The number of hydrogen-bond donors (Lipinski definition) is 0. The molecule has 9 heteroatoms. The summed E-state index contributed by atoms with van der Waals surface area (Å²) in [5, 5.41) is 22.2. The maximum Gasteiger partial charge on any atom is 0.310 e. The van der Waals surface area contributed by atoms with E-state index in [0.29, 0.717) is 12.4 Å². The number of thioether (sulfide) groups is 1. The number of rotatable bonds is 8. The van der Waals surface area contributed by atoms with Crippen LogP contribution in [0.25, 0.3) is 0 Å². The van der Waals surface area contributed by atoms with Gasteiger partial charge in [-0.2, -0.15) is 0 Å². The predicted molar refractivity (Wildman–Crippen MR) is 97.4 cm³/mol. The maximum atomic E-state index is 11.0. The van der Waals surface area contributed by atoms with Crippen LogP contribution in [0, 0.1) is 10.1 Å². The van der Waals surface area contributed by atoms with E-state index in [1.54, 1.807) is 29.5 Å². The molecule has 0 spiro atoms. The number of nitro benzene ring substituents is 1. The molecule has 3 aromatic rings. The molecular weight excluding hydrogens is 360 g/mol. The van der Waals surface area contributed by atoms with Crippen molar-refractivity contribution in [1.29, 1.82) is 0 Å². The molecule has 0 fully saturated rings. The molecule has 0 saturated carbocycles. The van der Waals surface area contributed by atoms with Gasteiger partial charge in [-0.05, 0) is 17.5 Å². The number of ether oxygens (including phenoxy) is 1. The molecule has 0 saturated heterocycles. The fourth-order valence-corrected chi connectivity index (χ4v) is 3.66. The van der Waals surface area contributed by atoms with Crippen molar-refractivity contribution in [2.24, 2.45) is 7.05 Å². The molecule has 130 valence electrons. The van der Waals surface area contributed by atoms with E-state index in [2.05, 4.69) is 16.3 Å². The summed E-state index contributed by atoms with van der Waals surface area (Å²) in [5.41, 5.74) is -0.0237. The Kier molecular flexibility index (Phi) is 5.67. The van der Waals surface area contributed by atoms with Gasteiger partial charge < -0.3 is 9.30 Å². The Hall–Kier alpha value is -2.39. The first kappa shape index (κ1) is 17.4. The highest BCUT2D eigenvalue weighted by Crippen LogP contribution is 2.26. The van der Waals surface area contributed by atoms with Gasteiger partial charge in [0.15, 0.2) is 10.9 Å². The molecule has 2 aromatic heterocycles. The van der Waals surface area contributed by atoms with Gasteiger partial charge in [-0.1, -0.05) is 30.0 Å². The minimum absolute atomic E-state index is 0.0237. The minimum atomic E-state index is -0.442. The minimum Gasteiger partial charge on any atom is -0.486 e. The topological polar surface area (TPSA) is 83.1 Å². The van der Waals surface area contributed by atoms with Crippen LogP contribution in [-0.2, 0) is 13.5 Å². The van der Waals surface area contributed by atoms with Gasteiger partial charge in [0, 0.05) is 30.2 Å². The highest BCUT2D eigenvalue weighted by Gasteiger charge is 2.14. The molecule has 0 radical (unpaired) electrons. The molecular formula is C16H16N4O3S2. The largest absolute Gasteiger partial charge is 0.486 e. The van der Waals surface area contributed by atoms with E-state index in [9.17, 15) is 10.1 Å². The van der Waals surface area contributed by atoms with Crippen LogP contribution < -0.4 is 4.74 Å². The molecule has 0 aliphatic rings. The Labute approximate surface area is 152 Å². The third-order valence-electron chi connectivity index (χ3n) is 3.47. The molecule has 0 bridgehead atoms. The van der Waals surface area contributed by atoms with Gasteiger partial charge in [0.2, 0.25) is 0 Å². The number of aromatic nitrogens is 3. The molecule has 0 aliphatic heterocycles. The summed E-state index contributed by atoms with van der Waals surface area (Å²) < 4.78 is 7.50. The van der Waals surface area contributed by atoms with E-state index in [1.807, 2.05) is 23.1 Å². The van der Waals surface area contributed by atoms with Crippen molar-refractivity contribution in [2.45, 2.75) is 11.6 Å². The summed E-state index contributed by atoms with van der Waals surface area (Å²) in [6, 6.07) is 10.5. The van der Waals surface area contributed by atoms with Gasteiger partial charge in [-0.25, -0.2) is 0 Å². The van der Waals surface area contributed by atoms with E-state index in [-0.39, 0.29) is 11.4 Å². The van der Waals surface area contributed by atoms with Crippen LogP contribution in [0.5, 0.6) is 5.75 Å². The Bertz CT molecular complexity index is 849. The third kappa shape index (κ3) is 4.37. The maximum absolute atomic E-state index is 11.0. The van der Waals surface area contributed by atoms with E-state index in [1.165, 1.54) is 22.7 Å². The molecule has 0 N–H and O–H groups in total. The summed E-state index contributed by atoms with van der Waals surface area (Å²) in [6.07, 6.45) is 0.758.